The molecule has 0 radical (unpaired) electrons. The molecule has 1 heterocycles. The first kappa shape index (κ1) is 15.3. The van der Waals surface area contributed by atoms with E-state index in [4.69, 9.17) is 0 Å². The van der Waals surface area contributed by atoms with E-state index in [1.807, 2.05) is 0 Å². The Morgan fingerprint density at radius 1 is 1.10 bits per heavy atom. The third-order valence-electron chi connectivity index (χ3n) is 4.14. The first-order valence-electron chi connectivity index (χ1n) is 7.16. The van der Waals surface area contributed by atoms with E-state index >= 15 is 0 Å². The molecule has 2 fully saturated rings. The zero-order chi connectivity index (χ0) is 14.8. The van der Waals surface area contributed by atoms with E-state index in [1.165, 1.54) is 6.42 Å². The molecule has 0 atom stereocenters. The van der Waals surface area contributed by atoms with Gasteiger partial charge in [-0.25, -0.2) is 13.2 Å². The molecule has 1 saturated heterocycles. The molecule has 114 valence electrons. The van der Waals surface area contributed by atoms with Gasteiger partial charge in [0.15, 0.2) is 0 Å². The average molecular weight is 302 g/mol. The molecule has 1 aliphatic heterocycles. The maximum absolute atomic E-state index is 12.5. The molecule has 0 bridgehead atoms. The first-order valence-corrected chi connectivity index (χ1v) is 9.22. The molecule has 1 spiro atoms. The van der Waals surface area contributed by atoms with Gasteiger partial charge in [0.25, 0.3) is 5.91 Å². The summed E-state index contributed by atoms with van der Waals surface area (Å²) in [4.78, 5) is 25.6. The lowest BCUT2D eigenvalue weighted by Gasteiger charge is -2.28. The maximum atomic E-state index is 12.5. The van der Waals surface area contributed by atoms with Crippen molar-refractivity contribution in [2.75, 3.05) is 18.6 Å². The summed E-state index contributed by atoms with van der Waals surface area (Å²) < 4.78 is 22.4. The van der Waals surface area contributed by atoms with Crippen LogP contribution in [-0.4, -0.2) is 49.3 Å². The van der Waals surface area contributed by atoms with E-state index in [9.17, 15) is 18.0 Å². The predicted octanol–water partition coefficient (Wildman–Crippen LogP) is 1.07. The van der Waals surface area contributed by atoms with Gasteiger partial charge in [-0.15, -0.1) is 0 Å². The average Bonchev–Trinajstić information content (AvgIpc) is 2.54. The van der Waals surface area contributed by atoms with Crippen LogP contribution in [0.3, 0.4) is 0 Å². The quantitative estimate of drug-likeness (QED) is 0.790. The summed E-state index contributed by atoms with van der Waals surface area (Å²) in [6, 6.07) is -0.445. The van der Waals surface area contributed by atoms with Gasteiger partial charge < -0.3 is 5.32 Å². The number of hydrogen-bond donors (Lipinski definition) is 1. The van der Waals surface area contributed by atoms with Gasteiger partial charge in [0.1, 0.15) is 15.4 Å². The fraction of sp³-hybridized carbons (Fsp3) is 0.846. The van der Waals surface area contributed by atoms with Crippen LogP contribution >= 0.6 is 0 Å². The van der Waals surface area contributed by atoms with Crippen molar-refractivity contribution in [3.05, 3.63) is 0 Å². The number of carbonyl (C=O) groups is 2. The second-order valence-electron chi connectivity index (χ2n) is 5.87. The predicted molar refractivity (Wildman–Crippen MR) is 75.0 cm³/mol. The van der Waals surface area contributed by atoms with Crippen molar-refractivity contribution in [3.63, 3.8) is 0 Å². The minimum atomic E-state index is -3.19. The van der Waals surface area contributed by atoms with Crippen molar-refractivity contribution in [1.29, 1.82) is 0 Å². The Bertz CT molecular complexity index is 493. The topological polar surface area (TPSA) is 83.6 Å². The number of sulfone groups is 1. The molecular weight excluding hydrogens is 280 g/mol. The fourth-order valence-electron chi connectivity index (χ4n) is 2.98. The smallest absolute Gasteiger partial charge is 0.323 e. The van der Waals surface area contributed by atoms with Crippen molar-refractivity contribution in [1.82, 2.24) is 10.2 Å². The van der Waals surface area contributed by atoms with E-state index in [-0.39, 0.29) is 18.2 Å². The number of nitrogens with zero attached hydrogens (tertiary/aromatic N) is 1. The van der Waals surface area contributed by atoms with Crippen LogP contribution in [0.15, 0.2) is 0 Å². The van der Waals surface area contributed by atoms with Crippen LogP contribution in [0.25, 0.3) is 0 Å². The Hall–Kier alpha value is -1.11. The van der Waals surface area contributed by atoms with Gasteiger partial charge in [-0.3, -0.25) is 9.69 Å². The van der Waals surface area contributed by atoms with Crippen molar-refractivity contribution < 1.29 is 18.0 Å². The molecule has 3 amide bonds. The van der Waals surface area contributed by atoms with Gasteiger partial charge in [0.05, 0.1) is 5.75 Å². The Kier molecular flexibility index (Phi) is 4.36. The van der Waals surface area contributed by atoms with E-state index in [2.05, 4.69) is 5.32 Å². The number of rotatable bonds is 3. The monoisotopic (exact) mass is 302 g/mol. The third-order valence-corrected chi connectivity index (χ3v) is 5.06. The zero-order valence-corrected chi connectivity index (χ0v) is 12.7. The summed E-state index contributed by atoms with van der Waals surface area (Å²) in [5.41, 5.74) is -0.783. The number of carbonyl (C=O) groups excluding carboxylic acids is 2. The summed E-state index contributed by atoms with van der Waals surface area (Å²) in [5.74, 6) is -0.421. The minimum Gasteiger partial charge on any atom is -0.323 e. The number of hydrogen-bond acceptors (Lipinski definition) is 4. The lowest BCUT2D eigenvalue weighted by molar-refractivity contribution is -0.131. The lowest BCUT2D eigenvalue weighted by atomic mass is 9.84. The van der Waals surface area contributed by atoms with Crippen LogP contribution in [0.4, 0.5) is 4.79 Å². The molecule has 0 unspecified atom stereocenters. The standard InChI is InChI=1S/C13H22N2O4S/c1-20(18,19)10-9-15-11(16)13(14-12(15)17)7-5-3-2-4-6-8-13/h2-10H2,1H3,(H,14,17). The fourth-order valence-corrected chi connectivity index (χ4v) is 3.50. The maximum Gasteiger partial charge on any atom is 0.325 e. The van der Waals surface area contributed by atoms with Crippen molar-refractivity contribution in [2.24, 2.45) is 0 Å². The normalized spacial score (nSPS) is 23.6. The molecule has 0 aromatic rings. The molecule has 1 aliphatic carbocycles. The van der Waals surface area contributed by atoms with Crippen LogP contribution in [0.2, 0.25) is 0 Å². The summed E-state index contributed by atoms with van der Waals surface area (Å²) in [7, 11) is -3.19. The van der Waals surface area contributed by atoms with Crippen LogP contribution in [0.1, 0.15) is 44.9 Å². The van der Waals surface area contributed by atoms with Crippen LogP contribution in [0, 0.1) is 0 Å². The largest absolute Gasteiger partial charge is 0.325 e. The van der Waals surface area contributed by atoms with Crippen LogP contribution in [-0.2, 0) is 14.6 Å². The van der Waals surface area contributed by atoms with Gasteiger partial charge >= 0.3 is 6.03 Å². The Labute approximate surface area is 119 Å². The van der Waals surface area contributed by atoms with E-state index in [0.29, 0.717) is 12.8 Å². The van der Waals surface area contributed by atoms with Crippen LogP contribution in [0.5, 0.6) is 0 Å². The summed E-state index contributed by atoms with van der Waals surface area (Å²) in [5, 5.41) is 2.82. The van der Waals surface area contributed by atoms with Crippen LogP contribution < -0.4 is 5.32 Å². The van der Waals surface area contributed by atoms with Crippen molar-refractivity contribution in [2.45, 2.75) is 50.5 Å². The highest BCUT2D eigenvalue weighted by Crippen LogP contribution is 2.31. The minimum absolute atomic E-state index is 0.0503. The molecule has 0 aromatic carbocycles. The second-order valence-corrected chi connectivity index (χ2v) is 8.13. The Balaban J connectivity index is 2.10. The highest BCUT2D eigenvalue weighted by atomic mass is 32.2. The first-order chi connectivity index (χ1) is 9.34. The molecule has 7 heteroatoms. The molecule has 1 N–H and O–H groups in total. The van der Waals surface area contributed by atoms with Gasteiger partial charge in [0, 0.05) is 12.8 Å². The second kappa shape index (κ2) is 5.71. The molecule has 1 saturated carbocycles. The van der Waals surface area contributed by atoms with Gasteiger partial charge in [-0.2, -0.15) is 0 Å². The van der Waals surface area contributed by atoms with Gasteiger partial charge in [-0.1, -0.05) is 32.1 Å². The number of imide groups is 1. The van der Waals surface area contributed by atoms with Gasteiger partial charge in [0.2, 0.25) is 0 Å². The highest BCUT2D eigenvalue weighted by Gasteiger charge is 2.50. The molecule has 20 heavy (non-hydrogen) atoms. The summed E-state index contributed by atoms with van der Waals surface area (Å²) in [6.07, 6.45) is 7.60. The van der Waals surface area contributed by atoms with Crippen molar-refractivity contribution >= 4 is 21.8 Å². The van der Waals surface area contributed by atoms with Gasteiger partial charge in [-0.05, 0) is 12.8 Å². The molecule has 2 aliphatic rings. The Morgan fingerprint density at radius 3 is 2.20 bits per heavy atom. The SMILES string of the molecule is CS(=O)(=O)CCN1C(=O)NC2(CCCCCCC2)C1=O. The molecule has 2 rings (SSSR count). The summed E-state index contributed by atoms with van der Waals surface area (Å²) in [6.45, 7) is -0.0503. The number of nitrogens with one attached hydrogen (secondary N) is 1. The number of urea groups is 1. The van der Waals surface area contributed by atoms with E-state index in [1.54, 1.807) is 0 Å². The molecule has 6 nitrogen and oxygen atoms in total. The lowest BCUT2D eigenvalue weighted by Crippen LogP contribution is -2.47. The molecular formula is C13H22N2O4S. The van der Waals surface area contributed by atoms with E-state index < -0.39 is 21.4 Å². The van der Waals surface area contributed by atoms with E-state index in [0.717, 1.165) is 36.8 Å². The van der Waals surface area contributed by atoms with Crippen molar-refractivity contribution in [3.8, 4) is 0 Å². The molecule has 0 aromatic heterocycles. The Morgan fingerprint density at radius 2 is 1.65 bits per heavy atom. The number of amides is 3. The highest BCUT2D eigenvalue weighted by molar-refractivity contribution is 7.90. The third kappa shape index (κ3) is 3.31. The zero-order valence-electron chi connectivity index (χ0n) is 11.9. The summed E-state index contributed by atoms with van der Waals surface area (Å²) >= 11 is 0.